The molecule has 0 aromatic heterocycles. The van der Waals surface area contributed by atoms with E-state index >= 15 is 0 Å². The summed E-state index contributed by atoms with van der Waals surface area (Å²) in [6.45, 7) is 1.24. The molecule has 1 saturated heterocycles. The lowest BCUT2D eigenvalue weighted by atomic mass is 10.0. The van der Waals surface area contributed by atoms with Gasteiger partial charge in [-0.3, -0.25) is 10.2 Å². The van der Waals surface area contributed by atoms with Crippen molar-refractivity contribution in [1.82, 2.24) is 10.6 Å². The summed E-state index contributed by atoms with van der Waals surface area (Å²) >= 11 is 0. The molecule has 1 rings (SSSR count). The van der Waals surface area contributed by atoms with Gasteiger partial charge in [-0.05, 0) is 13.5 Å². The standard InChI is InChI=1S/C10H19N5O2/c1-14-7-2-3-17-5-8(7)15-4-6(9(11)12)10(13)16/h4,7-8,14-15H,2-3,5H2,1H3,(H3,11,12)(H2,13,16)/b6-4+. The Morgan fingerprint density at radius 1 is 1.47 bits per heavy atom. The SMILES string of the molecule is CNC1CCOCC1N/C=C(\C(=N)N)C(N)=O. The van der Waals surface area contributed by atoms with Crippen LogP contribution in [0.5, 0.6) is 0 Å². The maximum atomic E-state index is 11.0. The van der Waals surface area contributed by atoms with E-state index in [1.165, 1.54) is 6.20 Å². The third kappa shape index (κ3) is 3.72. The number of carbonyl (C=O) groups is 1. The molecule has 7 nitrogen and oxygen atoms in total. The van der Waals surface area contributed by atoms with Crippen molar-refractivity contribution < 1.29 is 9.53 Å². The van der Waals surface area contributed by atoms with E-state index in [1.807, 2.05) is 7.05 Å². The minimum atomic E-state index is -0.720. The number of likely N-dealkylation sites (N-methyl/N-ethyl adjacent to an activating group) is 1. The summed E-state index contributed by atoms with van der Waals surface area (Å²) < 4.78 is 5.33. The normalized spacial score (nSPS) is 25.4. The largest absolute Gasteiger partial charge is 0.384 e. The van der Waals surface area contributed by atoms with Crippen LogP contribution in [0, 0.1) is 5.41 Å². The molecule has 0 bridgehead atoms. The molecule has 1 fully saturated rings. The highest BCUT2D eigenvalue weighted by atomic mass is 16.5. The monoisotopic (exact) mass is 241 g/mol. The average molecular weight is 241 g/mol. The summed E-state index contributed by atoms with van der Waals surface area (Å²) in [5, 5.41) is 13.4. The smallest absolute Gasteiger partial charge is 0.253 e. The second kappa shape index (κ2) is 6.21. The van der Waals surface area contributed by atoms with E-state index in [-0.39, 0.29) is 23.5 Å². The number of amides is 1. The first-order valence-corrected chi connectivity index (χ1v) is 5.41. The predicted molar refractivity (Wildman–Crippen MR) is 64.4 cm³/mol. The minimum absolute atomic E-state index is 0.0228. The highest BCUT2D eigenvalue weighted by Crippen LogP contribution is 2.07. The zero-order valence-corrected chi connectivity index (χ0v) is 9.82. The van der Waals surface area contributed by atoms with E-state index in [9.17, 15) is 4.79 Å². The molecule has 7 N–H and O–H groups in total. The lowest BCUT2D eigenvalue weighted by Crippen LogP contribution is -2.51. The van der Waals surface area contributed by atoms with Gasteiger partial charge in [0.15, 0.2) is 0 Å². The topological polar surface area (TPSA) is 126 Å². The second-order valence-corrected chi connectivity index (χ2v) is 3.87. The van der Waals surface area contributed by atoms with Crippen LogP contribution in [0.2, 0.25) is 0 Å². The average Bonchev–Trinajstić information content (AvgIpc) is 2.29. The van der Waals surface area contributed by atoms with Gasteiger partial charge in [0.25, 0.3) is 5.91 Å². The lowest BCUT2D eigenvalue weighted by Gasteiger charge is -2.31. The van der Waals surface area contributed by atoms with Gasteiger partial charge in [-0.2, -0.15) is 0 Å². The molecule has 1 heterocycles. The van der Waals surface area contributed by atoms with E-state index in [0.717, 1.165) is 6.42 Å². The molecular formula is C10H19N5O2. The van der Waals surface area contributed by atoms with Crippen molar-refractivity contribution in [3.63, 3.8) is 0 Å². The third-order valence-corrected chi connectivity index (χ3v) is 2.72. The van der Waals surface area contributed by atoms with Crippen LogP contribution in [0.3, 0.4) is 0 Å². The molecule has 7 heteroatoms. The maximum absolute atomic E-state index is 11.0. The third-order valence-electron chi connectivity index (χ3n) is 2.72. The Labute approximate surface area is 100 Å². The van der Waals surface area contributed by atoms with Crippen molar-refractivity contribution in [3.8, 4) is 0 Å². The molecule has 96 valence electrons. The van der Waals surface area contributed by atoms with Crippen LogP contribution < -0.4 is 22.1 Å². The molecule has 1 aliphatic heterocycles. The summed E-state index contributed by atoms with van der Waals surface area (Å²) in [6, 6.07) is 0.281. The Kier molecular flexibility index (Phi) is 4.92. The number of amidine groups is 1. The van der Waals surface area contributed by atoms with Gasteiger partial charge in [-0.1, -0.05) is 0 Å². The van der Waals surface area contributed by atoms with Crippen molar-refractivity contribution >= 4 is 11.7 Å². The van der Waals surface area contributed by atoms with Gasteiger partial charge in [-0.25, -0.2) is 0 Å². The molecule has 2 atom stereocenters. The van der Waals surface area contributed by atoms with Crippen LogP contribution in [0.15, 0.2) is 11.8 Å². The first-order chi connectivity index (χ1) is 8.06. The van der Waals surface area contributed by atoms with Crippen molar-refractivity contribution in [2.75, 3.05) is 20.3 Å². The van der Waals surface area contributed by atoms with Gasteiger partial charge >= 0.3 is 0 Å². The molecule has 1 aliphatic rings. The number of carbonyl (C=O) groups excluding carboxylic acids is 1. The molecular weight excluding hydrogens is 222 g/mol. The number of hydrogen-bond acceptors (Lipinski definition) is 5. The van der Waals surface area contributed by atoms with Crippen molar-refractivity contribution in [3.05, 3.63) is 11.8 Å². The summed E-state index contributed by atoms with van der Waals surface area (Å²) in [4.78, 5) is 11.0. The number of ether oxygens (including phenoxy) is 1. The molecule has 0 radical (unpaired) electrons. The molecule has 0 saturated carbocycles. The van der Waals surface area contributed by atoms with Gasteiger partial charge < -0.3 is 26.8 Å². The van der Waals surface area contributed by atoms with E-state index in [4.69, 9.17) is 21.6 Å². The van der Waals surface area contributed by atoms with E-state index in [2.05, 4.69) is 10.6 Å². The van der Waals surface area contributed by atoms with E-state index in [0.29, 0.717) is 13.2 Å². The Bertz CT molecular complexity index is 313. The molecule has 0 aliphatic carbocycles. The number of hydrogen-bond donors (Lipinski definition) is 5. The van der Waals surface area contributed by atoms with Crippen LogP contribution in [0.4, 0.5) is 0 Å². The van der Waals surface area contributed by atoms with Crippen LogP contribution in [0.25, 0.3) is 0 Å². The van der Waals surface area contributed by atoms with E-state index in [1.54, 1.807) is 0 Å². The zero-order chi connectivity index (χ0) is 12.8. The molecule has 0 spiro atoms. The number of primary amides is 1. The Hall–Kier alpha value is -1.60. The van der Waals surface area contributed by atoms with Gasteiger partial charge in [0.2, 0.25) is 0 Å². The van der Waals surface area contributed by atoms with Gasteiger partial charge in [0, 0.05) is 18.8 Å². The summed E-state index contributed by atoms with van der Waals surface area (Å²) in [5.74, 6) is -1.06. The fourth-order valence-electron chi connectivity index (χ4n) is 1.72. The molecule has 0 aromatic rings. The van der Waals surface area contributed by atoms with Crippen molar-refractivity contribution in [2.45, 2.75) is 18.5 Å². The Morgan fingerprint density at radius 2 is 2.18 bits per heavy atom. The zero-order valence-electron chi connectivity index (χ0n) is 9.82. The second-order valence-electron chi connectivity index (χ2n) is 3.87. The first-order valence-electron chi connectivity index (χ1n) is 5.41. The van der Waals surface area contributed by atoms with Crippen LogP contribution in [-0.4, -0.2) is 44.1 Å². The summed E-state index contributed by atoms with van der Waals surface area (Å²) in [5.41, 5.74) is 10.3. The molecule has 2 unspecified atom stereocenters. The Balaban J connectivity index is 2.65. The van der Waals surface area contributed by atoms with Crippen LogP contribution in [-0.2, 0) is 9.53 Å². The van der Waals surface area contributed by atoms with Crippen LogP contribution in [0.1, 0.15) is 6.42 Å². The fraction of sp³-hybridized carbons (Fsp3) is 0.600. The fourth-order valence-corrected chi connectivity index (χ4v) is 1.72. The van der Waals surface area contributed by atoms with Crippen molar-refractivity contribution in [2.24, 2.45) is 11.5 Å². The van der Waals surface area contributed by atoms with E-state index < -0.39 is 5.91 Å². The quantitative estimate of drug-likeness (QED) is 0.222. The van der Waals surface area contributed by atoms with Crippen molar-refractivity contribution in [1.29, 1.82) is 5.41 Å². The Morgan fingerprint density at radius 3 is 2.71 bits per heavy atom. The minimum Gasteiger partial charge on any atom is -0.384 e. The summed E-state index contributed by atoms with van der Waals surface area (Å²) in [7, 11) is 1.87. The summed E-state index contributed by atoms with van der Waals surface area (Å²) in [6.07, 6.45) is 2.27. The van der Waals surface area contributed by atoms with Gasteiger partial charge in [0.05, 0.1) is 18.2 Å². The number of rotatable bonds is 5. The first kappa shape index (κ1) is 13.5. The highest BCUT2D eigenvalue weighted by Gasteiger charge is 2.23. The molecule has 1 amide bonds. The number of nitrogens with one attached hydrogen (secondary N) is 3. The van der Waals surface area contributed by atoms with Gasteiger partial charge in [0.1, 0.15) is 5.84 Å². The predicted octanol–water partition coefficient (Wildman–Crippen LogP) is -1.74. The highest BCUT2D eigenvalue weighted by molar-refractivity contribution is 6.18. The molecule has 0 aromatic carbocycles. The van der Waals surface area contributed by atoms with Gasteiger partial charge in [-0.15, -0.1) is 0 Å². The van der Waals surface area contributed by atoms with Crippen LogP contribution >= 0.6 is 0 Å². The molecule has 17 heavy (non-hydrogen) atoms. The maximum Gasteiger partial charge on any atom is 0.253 e. The number of nitrogens with two attached hydrogens (primary N) is 2. The lowest BCUT2D eigenvalue weighted by molar-refractivity contribution is -0.114.